The van der Waals surface area contributed by atoms with Gasteiger partial charge in [-0.25, -0.2) is 9.79 Å². The SMILES string of the molecule is CCC(=O)Oc1c(I)cc(/C=C2\N=C(c3ccc(Cl)c([N+](=O)[O-])c3)OC2=O)cc1I. The van der Waals surface area contributed by atoms with Gasteiger partial charge in [0.15, 0.2) is 11.4 Å². The molecule has 0 fully saturated rings. The zero-order valence-electron chi connectivity index (χ0n) is 15.1. The molecule has 0 aromatic heterocycles. The minimum absolute atomic E-state index is 0.0301. The van der Waals surface area contributed by atoms with E-state index < -0.39 is 10.9 Å². The lowest BCUT2D eigenvalue weighted by Gasteiger charge is -2.09. The zero-order chi connectivity index (χ0) is 22.0. The predicted octanol–water partition coefficient (Wildman–Crippen LogP) is 5.12. The molecular weight excluding hydrogens is 641 g/mol. The highest BCUT2D eigenvalue weighted by Crippen LogP contribution is 2.31. The van der Waals surface area contributed by atoms with Crippen LogP contribution in [0.2, 0.25) is 5.02 Å². The third-order valence-corrected chi connectivity index (χ3v) is 5.76. The molecule has 0 unspecified atom stereocenters. The summed E-state index contributed by atoms with van der Waals surface area (Å²) < 4.78 is 11.9. The van der Waals surface area contributed by atoms with E-state index >= 15 is 0 Å². The highest BCUT2D eigenvalue weighted by Gasteiger charge is 2.26. The first kappa shape index (κ1) is 22.6. The topological polar surface area (TPSA) is 108 Å². The second kappa shape index (κ2) is 9.39. The Balaban J connectivity index is 1.94. The van der Waals surface area contributed by atoms with Crippen LogP contribution in [0.15, 0.2) is 41.0 Å². The number of benzene rings is 2. The van der Waals surface area contributed by atoms with Crippen LogP contribution in [0, 0.1) is 17.3 Å². The maximum atomic E-state index is 12.2. The largest absolute Gasteiger partial charge is 0.424 e. The first-order chi connectivity index (χ1) is 14.2. The van der Waals surface area contributed by atoms with Gasteiger partial charge in [-0.1, -0.05) is 18.5 Å². The van der Waals surface area contributed by atoms with E-state index in [1.165, 1.54) is 24.3 Å². The molecule has 0 radical (unpaired) electrons. The molecule has 0 amide bonds. The Morgan fingerprint density at radius 2 is 1.97 bits per heavy atom. The molecular formula is C19H11ClI2N2O6. The van der Waals surface area contributed by atoms with Crippen LogP contribution >= 0.6 is 56.8 Å². The molecule has 0 saturated heterocycles. The molecule has 0 N–H and O–H groups in total. The fraction of sp³-hybridized carbons (Fsp3) is 0.105. The molecule has 11 heteroatoms. The fourth-order valence-corrected chi connectivity index (χ4v) is 4.65. The number of ether oxygens (including phenoxy) is 2. The van der Waals surface area contributed by atoms with Crippen molar-refractivity contribution in [3.8, 4) is 5.75 Å². The minimum Gasteiger partial charge on any atom is -0.424 e. The maximum absolute atomic E-state index is 12.2. The summed E-state index contributed by atoms with van der Waals surface area (Å²) in [4.78, 5) is 38.4. The highest BCUT2D eigenvalue weighted by atomic mass is 127. The number of esters is 2. The number of halogens is 3. The van der Waals surface area contributed by atoms with Gasteiger partial charge in [0.05, 0.1) is 12.1 Å². The van der Waals surface area contributed by atoms with Crippen molar-refractivity contribution in [3.63, 3.8) is 0 Å². The van der Waals surface area contributed by atoms with Gasteiger partial charge >= 0.3 is 11.9 Å². The van der Waals surface area contributed by atoms with Crippen molar-refractivity contribution in [1.82, 2.24) is 0 Å². The van der Waals surface area contributed by atoms with Crippen LogP contribution in [0.25, 0.3) is 6.08 Å². The number of hydrogen-bond donors (Lipinski definition) is 0. The Kier molecular flexibility index (Phi) is 7.08. The summed E-state index contributed by atoms with van der Waals surface area (Å²) >= 11 is 9.89. The van der Waals surface area contributed by atoms with Crippen LogP contribution in [0.3, 0.4) is 0 Å². The molecule has 1 aliphatic rings. The van der Waals surface area contributed by atoms with E-state index in [2.05, 4.69) is 4.99 Å². The number of nitrogens with zero attached hydrogens (tertiary/aromatic N) is 2. The molecule has 1 heterocycles. The van der Waals surface area contributed by atoms with E-state index in [0.717, 1.165) is 0 Å². The number of hydrogen-bond acceptors (Lipinski definition) is 7. The standard InChI is InChI=1S/C19H11ClI2N2O6/c1-2-16(25)29-17-12(21)5-9(6-13(17)22)7-14-19(26)30-18(23-14)10-3-4-11(20)15(8-10)24(27)28/h3-8H,2H2,1H3/b14-7-. The van der Waals surface area contributed by atoms with Gasteiger partial charge < -0.3 is 9.47 Å². The van der Waals surface area contributed by atoms with E-state index in [9.17, 15) is 19.7 Å². The molecule has 0 saturated carbocycles. The maximum Gasteiger partial charge on any atom is 0.363 e. The first-order valence-corrected chi connectivity index (χ1v) is 10.9. The summed E-state index contributed by atoms with van der Waals surface area (Å²) in [6, 6.07) is 7.49. The van der Waals surface area contributed by atoms with E-state index in [0.29, 0.717) is 18.5 Å². The van der Waals surface area contributed by atoms with Gasteiger partial charge in [-0.15, -0.1) is 0 Å². The minimum atomic E-state index is -0.686. The summed E-state index contributed by atoms with van der Waals surface area (Å²) in [6.07, 6.45) is 1.78. The average molecular weight is 653 g/mol. The average Bonchev–Trinajstić information content (AvgIpc) is 3.05. The van der Waals surface area contributed by atoms with Crippen molar-refractivity contribution < 1.29 is 24.0 Å². The van der Waals surface area contributed by atoms with Gasteiger partial charge in [-0.2, -0.15) is 0 Å². The number of carbonyl (C=O) groups excluding carboxylic acids is 2. The van der Waals surface area contributed by atoms with E-state index in [1.54, 1.807) is 19.1 Å². The number of aliphatic imine (C=N–C) groups is 1. The monoisotopic (exact) mass is 652 g/mol. The van der Waals surface area contributed by atoms with E-state index in [4.69, 9.17) is 21.1 Å². The third kappa shape index (κ3) is 4.98. The summed E-state index contributed by atoms with van der Waals surface area (Å²) in [5.74, 6) is -0.627. The molecule has 0 spiro atoms. The van der Waals surface area contributed by atoms with Gasteiger partial charge in [0.1, 0.15) is 5.02 Å². The lowest BCUT2D eigenvalue weighted by atomic mass is 10.2. The number of cyclic esters (lactones) is 1. The Morgan fingerprint density at radius 3 is 2.57 bits per heavy atom. The Labute approximate surface area is 202 Å². The second-order valence-electron chi connectivity index (χ2n) is 5.90. The molecule has 2 aromatic rings. The van der Waals surface area contributed by atoms with Crippen molar-refractivity contribution >= 4 is 86.4 Å². The third-order valence-electron chi connectivity index (χ3n) is 3.84. The normalized spacial score (nSPS) is 14.5. The van der Waals surface area contributed by atoms with Crippen molar-refractivity contribution in [2.45, 2.75) is 13.3 Å². The van der Waals surface area contributed by atoms with Gasteiger partial charge in [0, 0.05) is 18.1 Å². The van der Waals surface area contributed by atoms with Crippen molar-refractivity contribution in [2.24, 2.45) is 4.99 Å². The van der Waals surface area contributed by atoms with Crippen LogP contribution in [-0.2, 0) is 14.3 Å². The summed E-state index contributed by atoms with van der Waals surface area (Å²) in [7, 11) is 0. The summed E-state index contributed by atoms with van der Waals surface area (Å²) in [5, 5.41) is 11.0. The smallest absolute Gasteiger partial charge is 0.363 e. The van der Waals surface area contributed by atoms with E-state index in [1.807, 2.05) is 45.2 Å². The Morgan fingerprint density at radius 1 is 1.30 bits per heavy atom. The Bertz CT molecular complexity index is 1120. The molecule has 8 nitrogen and oxygen atoms in total. The predicted molar refractivity (Wildman–Crippen MR) is 127 cm³/mol. The van der Waals surface area contributed by atoms with Gasteiger partial charge in [0.25, 0.3) is 5.69 Å². The van der Waals surface area contributed by atoms with Gasteiger partial charge in [0.2, 0.25) is 5.90 Å². The number of carbonyl (C=O) groups is 2. The van der Waals surface area contributed by atoms with Crippen LogP contribution in [-0.4, -0.2) is 22.8 Å². The molecule has 30 heavy (non-hydrogen) atoms. The summed E-state index contributed by atoms with van der Waals surface area (Å²) in [5.41, 5.74) is 0.632. The summed E-state index contributed by atoms with van der Waals surface area (Å²) in [6.45, 7) is 1.71. The first-order valence-electron chi connectivity index (χ1n) is 8.36. The molecule has 1 aliphatic heterocycles. The Hall–Kier alpha value is -2.06. The van der Waals surface area contributed by atoms with Crippen molar-refractivity contribution in [3.05, 3.63) is 69.4 Å². The zero-order valence-corrected chi connectivity index (χ0v) is 20.2. The van der Waals surface area contributed by atoms with Crippen LogP contribution in [0.4, 0.5) is 5.69 Å². The quantitative estimate of drug-likeness (QED) is 0.111. The molecule has 154 valence electrons. The van der Waals surface area contributed by atoms with Crippen molar-refractivity contribution in [1.29, 1.82) is 0 Å². The lowest BCUT2D eigenvalue weighted by Crippen LogP contribution is -2.08. The van der Waals surface area contributed by atoms with Crippen LogP contribution in [0.1, 0.15) is 24.5 Å². The second-order valence-corrected chi connectivity index (χ2v) is 8.63. The van der Waals surface area contributed by atoms with Crippen molar-refractivity contribution in [2.75, 3.05) is 0 Å². The molecule has 3 rings (SSSR count). The molecule has 0 aliphatic carbocycles. The number of rotatable bonds is 5. The number of nitro benzene ring substituents is 1. The highest BCUT2D eigenvalue weighted by molar-refractivity contribution is 14.1. The molecule has 2 aromatic carbocycles. The van der Waals surface area contributed by atoms with E-state index in [-0.39, 0.29) is 40.3 Å². The van der Waals surface area contributed by atoms with Crippen LogP contribution in [0.5, 0.6) is 5.75 Å². The van der Waals surface area contributed by atoms with Crippen LogP contribution < -0.4 is 4.74 Å². The molecule has 0 bridgehead atoms. The lowest BCUT2D eigenvalue weighted by molar-refractivity contribution is -0.384. The molecule has 0 atom stereocenters. The van der Waals surface area contributed by atoms with Gasteiger partial charge in [-0.05, 0) is 81.1 Å². The van der Waals surface area contributed by atoms with Gasteiger partial charge in [-0.3, -0.25) is 14.9 Å². The fourth-order valence-electron chi connectivity index (χ4n) is 2.42. The number of nitro groups is 1.